The van der Waals surface area contributed by atoms with Crippen LogP contribution in [0.4, 0.5) is 11.8 Å². The number of nitrogens with zero attached hydrogens (tertiary/aromatic N) is 5. The Morgan fingerprint density at radius 1 is 1.35 bits per heavy atom. The monoisotopic (exact) mass is 280 g/mol. The molecule has 110 valence electrons. The van der Waals surface area contributed by atoms with Crippen LogP contribution in [0, 0.1) is 0 Å². The number of hydroxylamine groups is 1. The summed E-state index contributed by atoms with van der Waals surface area (Å²) in [7, 11) is 5.67. The molecule has 0 spiro atoms. The van der Waals surface area contributed by atoms with Gasteiger partial charge in [0.2, 0.25) is 5.95 Å². The van der Waals surface area contributed by atoms with Crippen LogP contribution in [0.2, 0.25) is 0 Å². The minimum atomic E-state index is -0.612. The van der Waals surface area contributed by atoms with Gasteiger partial charge < -0.3 is 14.7 Å². The zero-order valence-corrected chi connectivity index (χ0v) is 12.0. The molecule has 1 aliphatic heterocycles. The fraction of sp³-hybridized carbons (Fsp3) is 0.583. The minimum absolute atomic E-state index is 0.246. The molecule has 0 radical (unpaired) electrons. The van der Waals surface area contributed by atoms with Gasteiger partial charge in [-0.1, -0.05) is 0 Å². The Bertz CT molecular complexity index is 485. The Labute approximate surface area is 118 Å². The van der Waals surface area contributed by atoms with Crippen molar-refractivity contribution in [2.75, 3.05) is 57.1 Å². The van der Waals surface area contributed by atoms with Crippen LogP contribution in [-0.2, 0) is 0 Å². The van der Waals surface area contributed by atoms with Gasteiger partial charge in [0.15, 0.2) is 0 Å². The van der Waals surface area contributed by atoms with Crippen molar-refractivity contribution in [1.82, 2.24) is 20.3 Å². The Kier molecular flexibility index (Phi) is 4.35. The normalized spacial score (nSPS) is 16.1. The number of rotatable bonds is 3. The Hall–Kier alpha value is -1.93. The zero-order chi connectivity index (χ0) is 14.7. The van der Waals surface area contributed by atoms with E-state index in [0.717, 1.165) is 26.2 Å². The van der Waals surface area contributed by atoms with Crippen LogP contribution >= 0.6 is 0 Å². The van der Waals surface area contributed by atoms with E-state index in [-0.39, 0.29) is 5.56 Å². The lowest BCUT2D eigenvalue weighted by Gasteiger charge is -2.32. The summed E-state index contributed by atoms with van der Waals surface area (Å²) >= 11 is 0. The molecule has 1 fully saturated rings. The molecule has 1 amide bonds. The minimum Gasteiger partial charge on any atom is -0.362 e. The molecule has 0 atom stereocenters. The molecule has 0 aliphatic carbocycles. The molecule has 2 N–H and O–H groups in total. The summed E-state index contributed by atoms with van der Waals surface area (Å²) in [6.07, 6.45) is 1.45. The first-order valence-corrected chi connectivity index (χ1v) is 6.45. The van der Waals surface area contributed by atoms with E-state index in [0.29, 0.717) is 11.8 Å². The molecule has 2 heterocycles. The molecule has 2 rings (SSSR count). The maximum Gasteiger partial charge on any atom is 0.279 e. The number of aromatic nitrogens is 2. The molecule has 1 aromatic rings. The lowest BCUT2D eigenvalue weighted by Crippen LogP contribution is -2.45. The van der Waals surface area contributed by atoms with Gasteiger partial charge in [-0.15, -0.1) is 0 Å². The SMILES string of the molecule is CN1CCN(c2ncc(C(=O)NO)c(N(C)C)n2)CC1. The lowest BCUT2D eigenvalue weighted by molar-refractivity contribution is 0.0706. The van der Waals surface area contributed by atoms with E-state index < -0.39 is 5.91 Å². The molecule has 0 saturated carbocycles. The number of nitrogens with one attached hydrogen (secondary N) is 1. The number of likely N-dealkylation sites (N-methyl/N-ethyl adjacent to an activating group) is 1. The molecule has 1 aliphatic rings. The second-order valence-corrected chi connectivity index (χ2v) is 5.03. The van der Waals surface area contributed by atoms with Gasteiger partial charge in [0.05, 0.1) is 0 Å². The van der Waals surface area contributed by atoms with Gasteiger partial charge in [0.1, 0.15) is 11.4 Å². The molecule has 0 bridgehead atoms. The fourth-order valence-corrected chi connectivity index (χ4v) is 2.08. The second-order valence-electron chi connectivity index (χ2n) is 5.03. The smallest absolute Gasteiger partial charge is 0.279 e. The quantitative estimate of drug-likeness (QED) is 0.565. The van der Waals surface area contributed by atoms with Crippen LogP contribution < -0.4 is 15.3 Å². The first kappa shape index (κ1) is 14.5. The molecular formula is C12H20N6O2. The van der Waals surface area contributed by atoms with E-state index in [9.17, 15) is 4.79 Å². The van der Waals surface area contributed by atoms with Crippen molar-refractivity contribution in [1.29, 1.82) is 0 Å². The maximum atomic E-state index is 11.6. The number of piperazine rings is 1. The highest BCUT2D eigenvalue weighted by Gasteiger charge is 2.20. The molecule has 20 heavy (non-hydrogen) atoms. The third-order valence-corrected chi connectivity index (χ3v) is 3.31. The molecule has 1 saturated heterocycles. The Morgan fingerprint density at radius 2 is 2.00 bits per heavy atom. The van der Waals surface area contributed by atoms with Crippen molar-refractivity contribution in [3.8, 4) is 0 Å². The first-order valence-electron chi connectivity index (χ1n) is 6.45. The average molecular weight is 280 g/mol. The molecule has 8 nitrogen and oxygen atoms in total. The van der Waals surface area contributed by atoms with E-state index in [1.807, 2.05) is 0 Å². The van der Waals surface area contributed by atoms with E-state index in [4.69, 9.17) is 5.21 Å². The molecule has 0 aromatic carbocycles. The van der Waals surface area contributed by atoms with Gasteiger partial charge >= 0.3 is 0 Å². The maximum absolute atomic E-state index is 11.6. The Morgan fingerprint density at radius 3 is 2.55 bits per heavy atom. The van der Waals surface area contributed by atoms with Crippen LogP contribution in [0.25, 0.3) is 0 Å². The predicted molar refractivity (Wildman–Crippen MR) is 75.3 cm³/mol. The molecule has 1 aromatic heterocycles. The largest absolute Gasteiger partial charge is 0.362 e. The number of amides is 1. The fourth-order valence-electron chi connectivity index (χ4n) is 2.08. The average Bonchev–Trinajstić information content (AvgIpc) is 2.46. The van der Waals surface area contributed by atoms with Crippen LogP contribution in [0.5, 0.6) is 0 Å². The van der Waals surface area contributed by atoms with Gasteiger partial charge in [0, 0.05) is 46.5 Å². The number of anilines is 2. The summed E-state index contributed by atoms with van der Waals surface area (Å²) in [6, 6.07) is 0. The topological polar surface area (TPSA) is 84.8 Å². The van der Waals surface area contributed by atoms with Crippen molar-refractivity contribution in [3.63, 3.8) is 0 Å². The van der Waals surface area contributed by atoms with E-state index in [1.54, 1.807) is 24.5 Å². The predicted octanol–water partition coefficient (Wildman–Crippen LogP) is -0.587. The van der Waals surface area contributed by atoms with Gasteiger partial charge in [0.25, 0.3) is 5.91 Å². The van der Waals surface area contributed by atoms with E-state index >= 15 is 0 Å². The van der Waals surface area contributed by atoms with Gasteiger partial charge in [-0.3, -0.25) is 10.0 Å². The van der Waals surface area contributed by atoms with Crippen LogP contribution in [0.15, 0.2) is 6.20 Å². The van der Waals surface area contributed by atoms with E-state index in [1.165, 1.54) is 6.20 Å². The van der Waals surface area contributed by atoms with Crippen molar-refractivity contribution >= 4 is 17.7 Å². The number of carbonyl (C=O) groups excluding carboxylic acids is 1. The summed E-state index contributed by atoms with van der Waals surface area (Å²) in [5.41, 5.74) is 1.86. The van der Waals surface area contributed by atoms with Crippen molar-refractivity contribution in [3.05, 3.63) is 11.8 Å². The van der Waals surface area contributed by atoms with E-state index in [2.05, 4.69) is 26.8 Å². The summed E-state index contributed by atoms with van der Waals surface area (Å²) in [4.78, 5) is 26.3. The highest BCUT2D eigenvalue weighted by molar-refractivity contribution is 5.98. The van der Waals surface area contributed by atoms with Crippen molar-refractivity contribution < 1.29 is 10.0 Å². The van der Waals surface area contributed by atoms with Crippen LogP contribution in [0.1, 0.15) is 10.4 Å². The Balaban J connectivity index is 2.28. The number of carbonyl (C=O) groups is 1. The molecule has 8 heteroatoms. The summed E-state index contributed by atoms with van der Waals surface area (Å²) in [5.74, 6) is 0.482. The lowest BCUT2D eigenvalue weighted by atomic mass is 10.3. The van der Waals surface area contributed by atoms with Crippen LogP contribution in [0.3, 0.4) is 0 Å². The third kappa shape index (κ3) is 2.97. The molecule has 0 unspecified atom stereocenters. The van der Waals surface area contributed by atoms with Crippen molar-refractivity contribution in [2.24, 2.45) is 0 Å². The highest BCUT2D eigenvalue weighted by atomic mass is 16.5. The first-order chi connectivity index (χ1) is 9.52. The standard InChI is InChI=1S/C12H20N6O2/c1-16(2)10-9(11(19)15-20)8-13-12(14-10)18-6-4-17(3)5-7-18/h8,20H,4-7H2,1-3H3,(H,15,19). The van der Waals surface area contributed by atoms with Gasteiger partial charge in [-0.2, -0.15) is 4.98 Å². The van der Waals surface area contributed by atoms with Crippen molar-refractivity contribution in [2.45, 2.75) is 0 Å². The second kappa shape index (κ2) is 6.02. The zero-order valence-electron chi connectivity index (χ0n) is 12.0. The summed E-state index contributed by atoms with van der Waals surface area (Å²) < 4.78 is 0. The highest BCUT2D eigenvalue weighted by Crippen LogP contribution is 2.19. The van der Waals surface area contributed by atoms with Gasteiger partial charge in [-0.25, -0.2) is 10.5 Å². The summed E-state index contributed by atoms with van der Waals surface area (Å²) in [5, 5.41) is 8.75. The van der Waals surface area contributed by atoms with Gasteiger partial charge in [-0.05, 0) is 7.05 Å². The number of hydrogen-bond donors (Lipinski definition) is 2. The molecular weight excluding hydrogens is 260 g/mol. The number of hydrogen-bond acceptors (Lipinski definition) is 7. The van der Waals surface area contributed by atoms with Crippen LogP contribution in [-0.4, -0.2) is 73.3 Å². The third-order valence-electron chi connectivity index (χ3n) is 3.31. The summed E-state index contributed by atoms with van der Waals surface area (Å²) in [6.45, 7) is 3.63.